The molecule has 0 saturated heterocycles. The summed E-state index contributed by atoms with van der Waals surface area (Å²) < 4.78 is 0. The Morgan fingerprint density at radius 3 is 3.06 bits per heavy atom. The predicted molar refractivity (Wildman–Crippen MR) is 57.9 cm³/mol. The number of hydrogen-bond donors (Lipinski definition) is 2. The molecule has 0 radical (unpaired) electrons. The zero-order valence-electron chi connectivity index (χ0n) is 9.27. The number of carbonyl (C=O) groups is 1. The average Bonchev–Trinajstić information content (AvgIpc) is 2.57. The fraction of sp³-hybridized carbons (Fsp3) is 0.500. The molecule has 16 heavy (non-hydrogen) atoms. The summed E-state index contributed by atoms with van der Waals surface area (Å²) in [4.78, 5) is 21.2. The Bertz CT molecular complexity index is 421. The third-order valence-corrected chi connectivity index (χ3v) is 2.53. The molecule has 0 bridgehead atoms. The molecule has 2 heterocycles. The van der Waals surface area contributed by atoms with E-state index in [9.17, 15) is 4.79 Å². The van der Waals surface area contributed by atoms with Crippen LogP contribution in [0.5, 0.6) is 0 Å². The molecule has 1 unspecified atom stereocenters. The smallest absolute Gasteiger partial charge is 0.325 e. The van der Waals surface area contributed by atoms with Crippen LogP contribution in [0.1, 0.15) is 18.2 Å². The Labute approximate surface area is 93.3 Å². The van der Waals surface area contributed by atoms with E-state index in [2.05, 4.69) is 20.2 Å². The quantitative estimate of drug-likeness (QED) is 0.766. The number of carboxylic acids is 1. The molecule has 6 heteroatoms. The number of nitrogens with zero attached hydrogens (tertiary/aromatic N) is 3. The zero-order chi connectivity index (χ0) is 11.7. The summed E-state index contributed by atoms with van der Waals surface area (Å²) in [6.45, 7) is 3.20. The molecule has 1 atom stereocenters. The van der Waals surface area contributed by atoms with Gasteiger partial charge in [0, 0.05) is 24.8 Å². The summed E-state index contributed by atoms with van der Waals surface area (Å²) in [7, 11) is 2.01. The van der Waals surface area contributed by atoms with Gasteiger partial charge in [0.1, 0.15) is 6.04 Å². The Morgan fingerprint density at radius 1 is 1.62 bits per heavy atom. The number of nitrogens with one attached hydrogen (secondary N) is 1. The lowest BCUT2D eigenvalue weighted by atomic mass is 10.3. The molecule has 0 spiro atoms. The zero-order valence-corrected chi connectivity index (χ0v) is 9.27. The highest BCUT2D eigenvalue weighted by Gasteiger charge is 2.19. The van der Waals surface area contributed by atoms with Gasteiger partial charge in [-0.3, -0.25) is 9.69 Å². The van der Waals surface area contributed by atoms with Crippen molar-refractivity contribution in [3.05, 3.63) is 17.5 Å². The molecule has 0 aliphatic carbocycles. The van der Waals surface area contributed by atoms with Crippen LogP contribution in [0.3, 0.4) is 0 Å². The molecule has 2 rings (SSSR count). The van der Waals surface area contributed by atoms with E-state index in [-0.39, 0.29) is 0 Å². The molecule has 1 aliphatic rings. The Balaban J connectivity index is 2.13. The average molecular weight is 222 g/mol. The molecule has 1 aliphatic heterocycles. The van der Waals surface area contributed by atoms with Crippen molar-refractivity contribution < 1.29 is 9.90 Å². The van der Waals surface area contributed by atoms with E-state index in [0.717, 1.165) is 24.3 Å². The van der Waals surface area contributed by atoms with Crippen molar-refractivity contribution in [2.75, 3.05) is 12.4 Å². The van der Waals surface area contributed by atoms with Crippen molar-refractivity contribution in [3.63, 3.8) is 0 Å². The second kappa shape index (κ2) is 4.05. The number of fused-ring (bicyclic) bond motifs is 1. The summed E-state index contributed by atoms with van der Waals surface area (Å²) in [6, 6.07) is -0.683. The van der Waals surface area contributed by atoms with Crippen LogP contribution in [-0.2, 0) is 17.9 Å². The first kappa shape index (κ1) is 10.8. The highest BCUT2D eigenvalue weighted by molar-refractivity contribution is 5.75. The summed E-state index contributed by atoms with van der Waals surface area (Å²) in [6.07, 6.45) is 1.75. The van der Waals surface area contributed by atoms with Gasteiger partial charge in [-0.25, -0.2) is 9.97 Å². The molecule has 0 aromatic carbocycles. The van der Waals surface area contributed by atoms with Crippen LogP contribution in [-0.4, -0.2) is 39.0 Å². The second-order valence-corrected chi connectivity index (χ2v) is 4.04. The van der Waals surface area contributed by atoms with E-state index in [1.165, 1.54) is 0 Å². The van der Waals surface area contributed by atoms with Gasteiger partial charge in [0.25, 0.3) is 0 Å². The maximum Gasteiger partial charge on any atom is 0.325 e. The van der Waals surface area contributed by atoms with Gasteiger partial charge in [-0.15, -0.1) is 0 Å². The van der Waals surface area contributed by atoms with Crippen molar-refractivity contribution >= 4 is 11.9 Å². The van der Waals surface area contributed by atoms with Crippen LogP contribution in [0.4, 0.5) is 5.95 Å². The molecule has 2 N–H and O–H groups in total. The summed E-state index contributed by atoms with van der Waals surface area (Å²) >= 11 is 0. The van der Waals surface area contributed by atoms with Crippen LogP contribution in [0.15, 0.2) is 6.20 Å². The topological polar surface area (TPSA) is 78.4 Å². The van der Waals surface area contributed by atoms with Gasteiger partial charge in [0.05, 0.1) is 5.69 Å². The minimum Gasteiger partial charge on any atom is -0.480 e. The van der Waals surface area contributed by atoms with Crippen molar-refractivity contribution in [2.45, 2.75) is 26.1 Å². The maximum absolute atomic E-state index is 10.7. The number of anilines is 1. The van der Waals surface area contributed by atoms with E-state index in [4.69, 9.17) is 5.11 Å². The molecule has 86 valence electrons. The SMILES string of the molecule is CC(Nc1ncc2c(n1)CN(C)C2)C(=O)O. The van der Waals surface area contributed by atoms with Gasteiger partial charge < -0.3 is 10.4 Å². The largest absolute Gasteiger partial charge is 0.480 e. The number of rotatable bonds is 3. The molecule has 0 saturated carbocycles. The van der Waals surface area contributed by atoms with Crippen molar-refractivity contribution in [3.8, 4) is 0 Å². The number of carboxylic acid groups (broad SMARTS) is 1. The van der Waals surface area contributed by atoms with Gasteiger partial charge in [0.15, 0.2) is 0 Å². The van der Waals surface area contributed by atoms with Gasteiger partial charge in [-0.2, -0.15) is 0 Å². The molecule has 1 aromatic heterocycles. The Hall–Kier alpha value is -1.69. The van der Waals surface area contributed by atoms with Crippen LogP contribution < -0.4 is 5.32 Å². The summed E-state index contributed by atoms with van der Waals surface area (Å²) in [5.41, 5.74) is 2.08. The van der Waals surface area contributed by atoms with Crippen molar-refractivity contribution in [2.24, 2.45) is 0 Å². The molecular weight excluding hydrogens is 208 g/mol. The molecule has 6 nitrogen and oxygen atoms in total. The molecule has 0 amide bonds. The van der Waals surface area contributed by atoms with E-state index < -0.39 is 12.0 Å². The Kier molecular flexibility index (Phi) is 2.74. The van der Waals surface area contributed by atoms with E-state index in [0.29, 0.717) is 5.95 Å². The third-order valence-electron chi connectivity index (χ3n) is 2.53. The van der Waals surface area contributed by atoms with Crippen LogP contribution >= 0.6 is 0 Å². The first-order valence-corrected chi connectivity index (χ1v) is 5.09. The maximum atomic E-state index is 10.7. The van der Waals surface area contributed by atoms with Gasteiger partial charge in [-0.05, 0) is 14.0 Å². The molecule has 0 fully saturated rings. The van der Waals surface area contributed by atoms with Crippen LogP contribution in [0, 0.1) is 0 Å². The van der Waals surface area contributed by atoms with E-state index in [1.54, 1.807) is 13.1 Å². The minimum absolute atomic E-state index is 0.379. The predicted octanol–water partition coefficient (Wildman–Crippen LogP) is 0.307. The first-order valence-electron chi connectivity index (χ1n) is 5.09. The van der Waals surface area contributed by atoms with Crippen molar-refractivity contribution in [1.29, 1.82) is 0 Å². The van der Waals surface area contributed by atoms with E-state index >= 15 is 0 Å². The van der Waals surface area contributed by atoms with Gasteiger partial charge >= 0.3 is 5.97 Å². The van der Waals surface area contributed by atoms with Gasteiger partial charge in [0.2, 0.25) is 5.95 Å². The van der Waals surface area contributed by atoms with Gasteiger partial charge in [-0.1, -0.05) is 0 Å². The Morgan fingerprint density at radius 2 is 2.38 bits per heavy atom. The highest BCUT2D eigenvalue weighted by Crippen LogP contribution is 2.19. The highest BCUT2D eigenvalue weighted by atomic mass is 16.4. The fourth-order valence-corrected chi connectivity index (χ4v) is 1.64. The van der Waals surface area contributed by atoms with Crippen LogP contribution in [0.25, 0.3) is 0 Å². The fourth-order valence-electron chi connectivity index (χ4n) is 1.64. The lowest BCUT2D eigenvalue weighted by Gasteiger charge is -2.09. The summed E-state index contributed by atoms with van der Waals surface area (Å²) in [5, 5.41) is 11.5. The molecular formula is C10H14N4O2. The van der Waals surface area contributed by atoms with Crippen molar-refractivity contribution in [1.82, 2.24) is 14.9 Å². The second-order valence-electron chi connectivity index (χ2n) is 4.04. The number of hydrogen-bond acceptors (Lipinski definition) is 5. The lowest BCUT2D eigenvalue weighted by molar-refractivity contribution is -0.137. The minimum atomic E-state index is -0.916. The van der Waals surface area contributed by atoms with Crippen LogP contribution in [0.2, 0.25) is 0 Å². The monoisotopic (exact) mass is 222 g/mol. The third kappa shape index (κ3) is 2.11. The van der Waals surface area contributed by atoms with E-state index in [1.807, 2.05) is 7.05 Å². The number of aliphatic carboxylic acids is 1. The number of aromatic nitrogens is 2. The lowest BCUT2D eigenvalue weighted by Crippen LogP contribution is -2.26. The normalized spacial score (nSPS) is 16.9. The standard InChI is InChI=1S/C10H14N4O2/c1-6(9(15)16)12-10-11-3-7-4-14(2)5-8(7)13-10/h3,6H,4-5H2,1-2H3,(H,15,16)(H,11,12,13). The first-order chi connectivity index (χ1) is 7.56. The summed E-state index contributed by atoms with van der Waals surface area (Å²) in [5.74, 6) is -0.537. The molecule has 1 aromatic rings.